The minimum absolute atomic E-state index is 0.175. The zero-order chi connectivity index (χ0) is 14.3. The smallest absolute Gasteiger partial charge is 0.379 e. The summed E-state index contributed by atoms with van der Waals surface area (Å²) in [5, 5.41) is 0. The molecule has 0 radical (unpaired) electrons. The van der Waals surface area contributed by atoms with Crippen molar-refractivity contribution in [3.05, 3.63) is 18.1 Å². The lowest BCUT2D eigenvalue weighted by Crippen LogP contribution is -2.45. The number of nitrogens with zero attached hydrogens (tertiary/aromatic N) is 2. The second kappa shape index (κ2) is 4.30. The van der Waals surface area contributed by atoms with E-state index in [1.54, 1.807) is 6.92 Å². The Morgan fingerprint density at radius 1 is 1.42 bits per heavy atom. The third-order valence-corrected chi connectivity index (χ3v) is 3.45. The third-order valence-electron chi connectivity index (χ3n) is 2.49. The van der Waals surface area contributed by atoms with Crippen molar-refractivity contribution in [2.24, 2.45) is 0 Å². The number of alkyl halides is 3. The highest BCUT2D eigenvalue weighted by Crippen LogP contribution is 2.31. The predicted molar refractivity (Wildman–Crippen MR) is 55.8 cm³/mol. The number of hydrogen-bond donors (Lipinski definition) is 0. The Kier molecular flexibility index (Phi) is 3.17. The molecule has 1 aliphatic heterocycles. The molecule has 10 heteroatoms. The second-order valence-electron chi connectivity index (χ2n) is 4.26. The van der Waals surface area contributed by atoms with E-state index in [0.717, 1.165) is 12.3 Å². The minimum atomic E-state index is -5.72. The first kappa shape index (κ1) is 14.0. The maximum Gasteiger partial charge on any atom is 0.534 e. The summed E-state index contributed by atoms with van der Waals surface area (Å²) in [7, 11) is -5.72. The number of hydrogen-bond acceptors (Lipinski definition) is 6. The average molecular weight is 298 g/mol. The number of rotatable bonds is 3. The summed E-state index contributed by atoms with van der Waals surface area (Å²) in [5.74, 6) is -0.496. The fourth-order valence-corrected chi connectivity index (χ4v) is 1.79. The van der Waals surface area contributed by atoms with E-state index >= 15 is 0 Å². The molecule has 0 unspecified atom stereocenters. The van der Waals surface area contributed by atoms with Gasteiger partial charge in [-0.2, -0.15) is 26.6 Å². The summed E-state index contributed by atoms with van der Waals surface area (Å²) in [6.45, 7) is 2.36. The molecule has 0 bridgehead atoms. The Labute approximate surface area is 106 Å². The maximum atomic E-state index is 12.2. The molecule has 0 aliphatic carbocycles. The lowest BCUT2D eigenvalue weighted by molar-refractivity contribution is -0.0549. The van der Waals surface area contributed by atoms with Crippen molar-refractivity contribution in [2.45, 2.75) is 17.8 Å². The fraction of sp³-hybridized carbons (Fsp3) is 0.556. The Bertz CT molecular complexity index is 583. The van der Waals surface area contributed by atoms with E-state index in [-0.39, 0.29) is 5.82 Å². The van der Waals surface area contributed by atoms with Crippen LogP contribution in [0.25, 0.3) is 0 Å². The minimum Gasteiger partial charge on any atom is -0.379 e. The van der Waals surface area contributed by atoms with E-state index in [9.17, 15) is 21.6 Å². The van der Waals surface area contributed by atoms with Crippen molar-refractivity contribution in [1.82, 2.24) is 9.97 Å². The molecule has 106 valence electrons. The van der Waals surface area contributed by atoms with Crippen molar-refractivity contribution < 1.29 is 30.5 Å². The van der Waals surface area contributed by atoms with E-state index in [1.807, 2.05) is 0 Å². The average Bonchev–Trinajstić information content (AvgIpc) is 2.24. The van der Waals surface area contributed by atoms with Gasteiger partial charge in [-0.3, -0.25) is 0 Å². The van der Waals surface area contributed by atoms with Gasteiger partial charge in [-0.1, -0.05) is 0 Å². The first-order valence-corrected chi connectivity index (χ1v) is 6.47. The summed E-state index contributed by atoms with van der Waals surface area (Å²) < 4.78 is 67.0. The van der Waals surface area contributed by atoms with Gasteiger partial charge in [-0.25, -0.2) is 4.98 Å². The van der Waals surface area contributed by atoms with Gasteiger partial charge in [-0.15, -0.1) is 0 Å². The van der Waals surface area contributed by atoms with Crippen LogP contribution in [0.3, 0.4) is 0 Å². The lowest BCUT2D eigenvalue weighted by atomic mass is 9.88. The molecule has 1 fully saturated rings. The quantitative estimate of drug-likeness (QED) is 0.612. The molecule has 0 spiro atoms. The van der Waals surface area contributed by atoms with Crippen LogP contribution in [-0.2, 0) is 20.3 Å². The molecule has 0 amide bonds. The summed E-state index contributed by atoms with van der Waals surface area (Å²) in [6, 6.07) is 0.940. The molecule has 0 aromatic carbocycles. The van der Waals surface area contributed by atoms with Crippen LogP contribution in [0.4, 0.5) is 13.2 Å². The van der Waals surface area contributed by atoms with Gasteiger partial charge in [0.1, 0.15) is 5.82 Å². The van der Waals surface area contributed by atoms with Crippen molar-refractivity contribution >= 4 is 10.1 Å². The van der Waals surface area contributed by atoms with Gasteiger partial charge in [0, 0.05) is 12.3 Å². The Balaban J connectivity index is 2.26. The zero-order valence-corrected chi connectivity index (χ0v) is 10.5. The first-order chi connectivity index (χ1) is 8.64. The summed E-state index contributed by atoms with van der Waals surface area (Å²) >= 11 is 0. The van der Waals surface area contributed by atoms with Crippen LogP contribution in [0.15, 0.2) is 12.3 Å². The molecule has 0 atom stereocenters. The van der Waals surface area contributed by atoms with Crippen LogP contribution >= 0.6 is 0 Å². The summed E-state index contributed by atoms with van der Waals surface area (Å²) in [4.78, 5) is 7.55. The summed E-state index contributed by atoms with van der Waals surface area (Å²) in [6.07, 6.45) is 1.13. The largest absolute Gasteiger partial charge is 0.534 e. The number of ether oxygens (including phenoxy) is 1. The molecule has 1 saturated heterocycles. The van der Waals surface area contributed by atoms with Crippen LogP contribution in [0, 0.1) is 0 Å². The van der Waals surface area contributed by atoms with E-state index in [1.165, 1.54) is 0 Å². The lowest BCUT2D eigenvalue weighted by Gasteiger charge is -2.36. The van der Waals surface area contributed by atoms with Gasteiger partial charge in [0.25, 0.3) is 0 Å². The molecule has 1 aromatic heterocycles. The monoisotopic (exact) mass is 298 g/mol. The normalized spacial score (nSPS) is 18.7. The van der Waals surface area contributed by atoms with Crippen molar-refractivity contribution in [2.75, 3.05) is 13.2 Å². The van der Waals surface area contributed by atoms with Crippen LogP contribution < -0.4 is 4.18 Å². The third kappa shape index (κ3) is 2.63. The Morgan fingerprint density at radius 2 is 2.05 bits per heavy atom. The molecule has 0 N–H and O–H groups in total. The molecule has 1 aliphatic rings. The topological polar surface area (TPSA) is 78.4 Å². The zero-order valence-electron chi connectivity index (χ0n) is 9.64. The molecular formula is C9H9F3N2O4S. The summed E-state index contributed by atoms with van der Waals surface area (Å²) in [5.41, 5.74) is -6.04. The fourth-order valence-electron chi connectivity index (χ4n) is 1.38. The SMILES string of the molecule is CC1(c2nccc(OS(=O)(=O)C(F)(F)F)n2)COC1. The highest BCUT2D eigenvalue weighted by atomic mass is 32.2. The first-order valence-electron chi connectivity index (χ1n) is 5.06. The van der Waals surface area contributed by atoms with Crippen LogP contribution in [0.2, 0.25) is 0 Å². The van der Waals surface area contributed by atoms with Gasteiger partial charge < -0.3 is 8.92 Å². The van der Waals surface area contributed by atoms with Crippen LogP contribution in [0.1, 0.15) is 12.7 Å². The molecule has 2 heterocycles. The van der Waals surface area contributed by atoms with Crippen molar-refractivity contribution in [3.63, 3.8) is 0 Å². The molecule has 6 nitrogen and oxygen atoms in total. The Morgan fingerprint density at radius 3 is 2.53 bits per heavy atom. The van der Waals surface area contributed by atoms with Crippen LogP contribution in [0.5, 0.6) is 5.88 Å². The van der Waals surface area contributed by atoms with Crippen molar-refractivity contribution in [3.8, 4) is 5.88 Å². The number of halogens is 3. The molecule has 0 saturated carbocycles. The highest BCUT2D eigenvalue weighted by Gasteiger charge is 2.49. The molecular weight excluding hydrogens is 289 g/mol. The molecule has 19 heavy (non-hydrogen) atoms. The van der Waals surface area contributed by atoms with Gasteiger partial charge in [0.05, 0.1) is 18.6 Å². The van der Waals surface area contributed by atoms with E-state index in [4.69, 9.17) is 4.74 Å². The van der Waals surface area contributed by atoms with E-state index in [2.05, 4.69) is 14.2 Å². The van der Waals surface area contributed by atoms with E-state index in [0.29, 0.717) is 13.2 Å². The van der Waals surface area contributed by atoms with Gasteiger partial charge in [0.2, 0.25) is 5.88 Å². The molecule has 1 aromatic rings. The second-order valence-corrected chi connectivity index (χ2v) is 5.79. The Hall–Kier alpha value is -1.42. The standard InChI is InChI=1S/C9H9F3N2O4S/c1-8(4-17-5-8)7-13-3-2-6(14-7)18-19(15,16)9(10,11)12/h2-3H,4-5H2,1H3. The maximum absolute atomic E-state index is 12.2. The highest BCUT2D eigenvalue weighted by molar-refractivity contribution is 7.87. The van der Waals surface area contributed by atoms with Gasteiger partial charge in [0.15, 0.2) is 0 Å². The van der Waals surface area contributed by atoms with E-state index < -0.39 is 26.9 Å². The van der Waals surface area contributed by atoms with Crippen LogP contribution in [-0.4, -0.2) is 37.1 Å². The van der Waals surface area contributed by atoms with Gasteiger partial charge >= 0.3 is 15.6 Å². The predicted octanol–water partition coefficient (Wildman–Crippen LogP) is 0.993. The molecule has 2 rings (SSSR count). The number of aromatic nitrogens is 2. The van der Waals surface area contributed by atoms with Gasteiger partial charge in [-0.05, 0) is 6.92 Å². The van der Waals surface area contributed by atoms with Crippen molar-refractivity contribution in [1.29, 1.82) is 0 Å².